The third-order valence-corrected chi connectivity index (χ3v) is 6.74. The van der Waals surface area contributed by atoms with Crippen LogP contribution in [-0.2, 0) is 34.9 Å². The first-order valence-electron chi connectivity index (χ1n) is 10.2. The number of aliphatic carboxylic acids is 1. The number of benzene rings is 1. The van der Waals surface area contributed by atoms with Crippen molar-refractivity contribution in [2.45, 2.75) is 37.1 Å². The van der Waals surface area contributed by atoms with Crippen molar-refractivity contribution in [3.05, 3.63) is 35.9 Å². The summed E-state index contributed by atoms with van der Waals surface area (Å²) >= 11 is 0. The van der Waals surface area contributed by atoms with Crippen LogP contribution in [-0.4, -0.2) is 86.0 Å². The molecule has 2 amide bonds. The van der Waals surface area contributed by atoms with E-state index in [9.17, 15) is 27.9 Å². The van der Waals surface area contributed by atoms with E-state index in [0.29, 0.717) is 44.7 Å². The van der Waals surface area contributed by atoms with Gasteiger partial charge in [0, 0.05) is 19.6 Å². The molecule has 0 spiro atoms. The molecule has 2 saturated heterocycles. The number of hydrogen-bond acceptors (Lipinski definition) is 6. The Morgan fingerprint density at radius 1 is 1.13 bits per heavy atom. The van der Waals surface area contributed by atoms with Gasteiger partial charge in [-0.1, -0.05) is 30.3 Å². The Morgan fingerprint density at radius 2 is 1.81 bits per heavy atom. The Hall–Kier alpha value is -2.50. The molecule has 2 atom stereocenters. The minimum Gasteiger partial charge on any atom is -0.480 e. The number of ether oxygens (including phenoxy) is 1. The molecule has 0 saturated carbocycles. The van der Waals surface area contributed by atoms with E-state index in [1.807, 2.05) is 0 Å². The first-order valence-corrected chi connectivity index (χ1v) is 11.8. The molecule has 2 heterocycles. The number of carboxylic acid groups (broad SMARTS) is 1. The third-order valence-electron chi connectivity index (χ3n) is 5.38. The van der Waals surface area contributed by atoms with Crippen LogP contribution in [0.4, 0.5) is 0 Å². The zero-order chi connectivity index (χ0) is 22.4. The number of amides is 2. The number of rotatable bonds is 8. The number of nitrogens with zero attached hydrogens (tertiary/aromatic N) is 2. The lowest BCUT2D eigenvalue weighted by Crippen LogP contribution is -2.54. The second kappa shape index (κ2) is 10.2. The first kappa shape index (κ1) is 23.2. The summed E-state index contributed by atoms with van der Waals surface area (Å²) < 4.78 is 33.1. The molecule has 11 heteroatoms. The van der Waals surface area contributed by atoms with E-state index in [-0.39, 0.29) is 24.6 Å². The minimum atomic E-state index is -3.96. The van der Waals surface area contributed by atoms with Gasteiger partial charge in [-0.3, -0.25) is 9.59 Å². The molecule has 1 aromatic carbocycles. The summed E-state index contributed by atoms with van der Waals surface area (Å²) in [6.45, 7) is 1.67. The van der Waals surface area contributed by atoms with E-state index >= 15 is 0 Å². The number of morpholine rings is 1. The number of hydrogen-bond donors (Lipinski definition) is 2. The molecule has 1 aromatic rings. The lowest BCUT2D eigenvalue weighted by atomic mass is 10.1. The molecule has 2 fully saturated rings. The average molecular weight is 454 g/mol. The Balaban J connectivity index is 1.78. The smallest absolute Gasteiger partial charge is 0.326 e. The van der Waals surface area contributed by atoms with Crippen LogP contribution < -0.4 is 4.72 Å². The van der Waals surface area contributed by atoms with Crippen molar-refractivity contribution >= 4 is 27.8 Å². The maximum atomic E-state index is 13.1. The minimum absolute atomic E-state index is 0.207. The van der Waals surface area contributed by atoms with Crippen molar-refractivity contribution in [3.63, 3.8) is 0 Å². The van der Waals surface area contributed by atoms with Gasteiger partial charge in [0.1, 0.15) is 12.1 Å². The molecular formula is C20H27N3O7S. The molecule has 10 nitrogen and oxygen atoms in total. The molecule has 2 N–H and O–H groups in total. The molecule has 2 aliphatic rings. The highest BCUT2D eigenvalue weighted by molar-refractivity contribution is 7.88. The number of likely N-dealkylation sites (tertiary alicyclic amines) is 1. The van der Waals surface area contributed by atoms with E-state index in [4.69, 9.17) is 4.74 Å². The zero-order valence-corrected chi connectivity index (χ0v) is 17.9. The molecule has 0 bridgehead atoms. The lowest BCUT2D eigenvalue weighted by molar-refractivity contribution is -0.149. The van der Waals surface area contributed by atoms with Gasteiger partial charge in [-0.2, -0.15) is 0 Å². The Bertz CT molecular complexity index is 901. The maximum Gasteiger partial charge on any atom is 0.326 e. The van der Waals surface area contributed by atoms with E-state index in [1.165, 1.54) is 4.90 Å². The number of carboxylic acids is 1. The highest BCUT2D eigenvalue weighted by Gasteiger charge is 2.39. The Labute approximate surface area is 181 Å². The van der Waals surface area contributed by atoms with Gasteiger partial charge >= 0.3 is 5.97 Å². The van der Waals surface area contributed by atoms with Crippen molar-refractivity contribution in [3.8, 4) is 0 Å². The average Bonchev–Trinajstić information content (AvgIpc) is 3.24. The second-order valence-corrected chi connectivity index (χ2v) is 9.39. The lowest BCUT2D eigenvalue weighted by Gasteiger charge is -2.30. The topological polar surface area (TPSA) is 133 Å². The fraction of sp³-hybridized carbons (Fsp3) is 0.550. The first-order chi connectivity index (χ1) is 14.8. The van der Waals surface area contributed by atoms with Gasteiger partial charge in [-0.25, -0.2) is 17.9 Å². The molecule has 3 rings (SSSR count). The Kier molecular flexibility index (Phi) is 7.63. The fourth-order valence-corrected chi connectivity index (χ4v) is 5.17. The van der Waals surface area contributed by atoms with E-state index in [2.05, 4.69) is 4.72 Å². The van der Waals surface area contributed by atoms with Crippen molar-refractivity contribution in [2.24, 2.45) is 0 Å². The molecule has 0 aromatic heterocycles. The van der Waals surface area contributed by atoms with Crippen LogP contribution in [0.3, 0.4) is 0 Å². The van der Waals surface area contributed by atoms with Crippen LogP contribution in [0.25, 0.3) is 0 Å². The molecular weight excluding hydrogens is 426 g/mol. The maximum absolute atomic E-state index is 13.1. The molecule has 2 aliphatic heterocycles. The van der Waals surface area contributed by atoms with Crippen LogP contribution in [0.2, 0.25) is 0 Å². The number of carbonyl (C=O) groups excluding carboxylic acids is 2. The highest BCUT2D eigenvalue weighted by atomic mass is 32.2. The van der Waals surface area contributed by atoms with Crippen LogP contribution in [0.15, 0.2) is 30.3 Å². The van der Waals surface area contributed by atoms with Gasteiger partial charge < -0.3 is 19.6 Å². The number of sulfonamides is 1. The van der Waals surface area contributed by atoms with Gasteiger partial charge in [-0.05, 0) is 18.4 Å². The summed E-state index contributed by atoms with van der Waals surface area (Å²) in [6, 6.07) is 6.08. The zero-order valence-electron chi connectivity index (χ0n) is 17.1. The van der Waals surface area contributed by atoms with Crippen molar-refractivity contribution in [1.82, 2.24) is 14.5 Å². The molecule has 31 heavy (non-hydrogen) atoms. The summed E-state index contributed by atoms with van der Waals surface area (Å²) in [5.74, 6) is -2.57. The van der Waals surface area contributed by atoms with E-state index < -0.39 is 34.0 Å². The fourth-order valence-electron chi connectivity index (χ4n) is 3.84. The summed E-state index contributed by atoms with van der Waals surface area (Å²) in [6.07, 6.45) is 0.418. The normalized spacial score (nSPS) is 20.5. The summed E-state index contributed by atoms with van der Waals surface area (Å²) in [7, 11) is -3.96. The number of nitrogens with one attached hydrogen (secondary N) is 1. The van der Waals surface area contributed by atoms with Crippen molar-refractivity contribution in [1.29, 1.82) is 0 Å². The predicted molar refractivity (Wildman–Crippen MR) is 110 cm³/mol. The molecule has 170 valence electrons. The third kappa shape index (κ3) is 6.25. The highest BCUT2D eigenvalue weighted by Crippen LogP contribution is 2.20. The predicted octanol–water partition coefficient (Wildman–Crippen LogP) is -0.201. The van der Waals surface area contributed by atoms with Crippen molar-refractivity contribution in [2.75, 3.05) is 32.8 Å². The van der Waals surface area contributed by atoms with Crippen molar-refractivity contribution < 1.29 is 32.6 Å². The van der Waals surface area contributed by atoms with Crippen LogP contribution in [0.1, 0.15) is 24.8 Å². The monoisotopic (exact) mass is 453 g/mol. The van der Waals surface area contributed by atoms with Crippen LogP contribution in [0, 0.1) is 0 Å². The van der Waals surface area contributed by atoms with Gasteiger partial charge in [0.2, 0.25) is 21.8 Å². The quantitative estimate of drug-likeness (QED) is 0.557. The van der Waals surface area contributed by atoms with E-state index in [0.717, 1.165) is 4.90 Å². The second-order valence-electron chi connectivity index (χ2n) is 7.64. The molecule has 0 radical (unpaired) electrons. The molecule has 0 aliphatic carbocycles. The molecule has 0 unspecified atom stereocenters. The Morgan fingerprint density at radius 3 is 2.45 bits per heavy atom. The number of carbonyl (C=O) groups is 3. The van der Waals surface area contributed by atoms with E-state index in [1.54, 1.807) is 30.3 Å². The summed E-state index contributed by atoms with van der Waals surface area (Å²) in [5.41, 5.74) is 0.533. The summed E-state index contributed by atoms with van der Waals surface area (Å²) in [5, 5.41) is 9.41. The van der Waals surface area contributed by atoms with Gasteiger partial charge in [0.15, 0.2) is 0 Å². The summed E-state index contributed by atoms with van der Waals surface area (Å²) in [4.78, 5) is 40.1. The SMILES string of the molecule is O=C(O)[C@@H]1CCCN1C(=O)[C@@H](CC(=O)N1CCOCC1)NS(=O)(=O)Cc1ccccc1. The largest absolute Gasteiger partial charge is 0.480 e. The standard InChI is InChI=1S/C20H27N3O7S/c24-18(22-9-11-30-12-10-22)13-16(19(25)23-8-4-7-17(23)20(26)27)21-31(28,29)14-15-5-2-1-3-6-15/h1-3,5-6,16-17,21H,4,7-14H2,(H,26,27)/t16-,17+/m1/s1. The van der Waals surface area contributed by atoms with Gasteiger partial charge in [0.25, 0.3) is 0 Å². The van der Waals surface area contributed by atoms with Crippen LogP contribution in [0.5, 0.6) is 0 Å². The van der Waals surface area contributed by atoms with Gasteiger partial charge in [0.05, 0.1) is 25.4 Å². The van der Waals surface area contributed by atoms with Gasteiger partial charge in [-0.15, -0.1) is 0 Å². The van der Waals surface area contributed by atoms with Crippen LogP contribution >= 0.6 is 0 Å².